The molecule has 0 amide bonds. The van der Waals surface area contributed by atoms with Gasteiger partial charge in [0.1, 0.15) is 0 Å². The van der Waals surface area contributed by atoms with Gasteiger partial charge in [0, 0.05) is 0 Å². The van der Waals surface area contributed by atoms with Crippen molar-refractivity contribution in [2.75, 3.05) is 0 Å². The zero-order chi connectivity index (χ0) is 8.08. The summed E-state index contributed by atoms with van der Waals surface area (Å²) in [5, 5.41) is 21.5. The summed E-state index contributed by atoms with van der Waals surface area (Å²) in [6, 6.07) is 0. The van der Waals surface area contributed by atoms with Crippen molar-refractivity contribution in [3.05, 3.63) is 0 Å². The topological polar surface area (TPSA) is 453 Å². The molecule has 0 aliphatic carbocycles. The van der Waals surface area contributed by atoms with Gasteiger partial charge < -0.3 is 85.9 Å². The Morgan fingerprint density at radius 3 is 0.600 bits per heavy atom. The average Bonchev–Trinajstić information content (AvgIpc) is 1.19. The summed E-state index contributed by atoms with van der Waals surface area (Å²) in [4.78, 5) is 21.6. The molecule has 0 atom stereocenters. The fourth-order valence-electron chi connectivity index (χ4n) is 0. The van der Waals surface area contributed by atoms with Gasteiger partial charge in [-0.15, -0.1) is 0 Å². The van der Waals surface area contributed by atoms with Crippen LogP contribution in [0.15, 0.2) is 0 Å². The minimum Gasteiger partial charge on any atom is -1.00 e. The van der Waals surface area contributed by atoms with E-state index in [0.717, 1.165) is 0 Å². The Balaban J connectivity index is -0.00000000249. The third kappa shape index (κ3) is 13600. The van der Waals surface area contributed by atoms with Crippen molar-refractivity contribution in [2.45, 2.75) is 0 Å². The van der Waals surface area contributed by atoms with E-state index in [-0.39, 0.29) is 85.7 Å². The molecule has 0 aliphatic heterocycles. The van der Waals surface area contributed by atoms with Crippen LogP contribution >= 0.6 is 7.82 Å². The van der Waals surface area contributed by atoms with Crippen molar-refractivity contribution in [3.63, 3.8) is 0 Å². The molecule has 0 aromatic heterocycles. The van der Waals surface area contributed by atoms with E-state index in [2.05, 4.69) is 0 Å². The van der Waals surface area contributed by atoms with Crippen molar-refractivity contribution in [3.8, 4) is 0 Å². The Morgan fingerprint density at radius 2 is 0.600 bits per heavy atom. The van der Waals surface area contributed by atoms with E-state index in [1.807, 2.05) is 0 Å². The maximum absolute atomic E-state index is 8.88. The minimum atomic E-state index is -4.64. The van der Waals surface area contributed by atoms with E-state index in [1.54, 1.807) is 0 Å². The van der Waals surface area contributed by atoms with Crippen molar-refractivity contribution >= 4 is 15.1 Å². The Morgan fingerprint density at radius 1 is 0.600 bits per heavy atom. The van der Waals surface area contributed by atoms with Crippen LogP contribution in [-0.2, 0) is 4.57 Å². The molecule has 0 saturated carbocycles. The smallest absolute Gasteiger partial charge is 1.00 e. The van der Waals surface area contributed by atoms with Gasteiger partial charge in [0.25, 0.3) is 0 Å². The number of phosphoric acid groups is 1. The third-order valence-electron chi connectivity index (χ3n) is 0. The van der Waals surface area contributed by atoms with Gasteiger partial charge in [0.15, 0.2) is 0 Å². The van der Waals surface area contributed by atoms with Crippen LogP contribution in [0.1, 0.15) is 1.43 Å². The summed E-state index contributed by atoms with van der Waals surface area (Å²) in [6.45, 7) is 0. The molecule has 0 aliphatic rings. The standard InChI is InChI=1S/BH3O3.Na.H3O4P.10H2O.H/c2-1(3)4;;1-5(2,3)4;;;;;;;;;;;/h2-4H;;(H3,1,2,3,4);10*1H2;/q;+1;;;;;;;;;;;;-1. The second-order valence-electron chi connectivity index (χ2n) is 0.860. The Kier molecular flexibility index (Phi) is 500. The zero-order valence-corrected chi connectivity index (χ0v) is 13.0. The van der Waals surface area contributed by atoms with E-state index < -0.39 is 15.1 Å². The SMILES string of the molecule is O.O.O.O.O.O.O.O.O.O.O=P(O)(O)O.OB(O)O.[H-].[Na+]. The van der Waals surface area contributed by atoms with Crippen LogP contribution in [0, 0.1) is 0 Å². The molecule has 0 aromatic rings. The maximum Gasteiger partial charge on any atom is 1.00 e. The number of hydrogen-bond donors (Lipinski definition) is 6. The molecular formula is H27BNaO17P. The van der Waals surface area contributed by atoms with E-state index >= 15 is 0 Å². The summed E-state index contributed by atoms with van der Waals surface area (Å²) >= 11 is 0. The Labute approximate surface area is 135 Å². The van der Waals surface area contributed by atoms with Gasteiger partial charge in [-0.2, -0.15) is 0 Å². The monoisotopic (exact) mass is 364 g/mol. The summed E-state index contributed by atoms with van der Waals surface area (Å²) in [5.74, 6) is 0. The summed E-state index contributed by atoms with van der Waals surface area (Å²) in [6.07, 6.45) is 0. The first kappa shape index (κ1) is 136. The van der Waals surface area contributed by atoms with Crippen LogP contribution in [-0.4, -0.2) is 91.8 Å². The minimum absolute atomic E-state index is 0. The first-order valence-corrected chi connectivity index (χ1v) is 3.12. The predicted molar refractivity (Wildman–Crippen MR) is 63.9 cm³/mol. The molecule has 138 valence electrons. The van der Waals surface area contributed by atoms with E-state index in [1.165, 1.54) is 0 Å². The molecule has 0 saturated heterocycles. The fraction of sp³-hybridized carbons (Fsp3) is 0. The van der Waals surface area contributed by atoms with Gasteiger partial charge in [0.05, 0.1) is 0 Å². The van der Waals surface area contributed by atoms with Crippen LogP contribution in [0.2, 0.25) is 0 Å². The molecule has 0 heterocycles. The van der Waals surface area contributed by atoms with Crippen LogP contribution in [0.5, 0.6) is 0 Å². The van der Waals surface area contributed by atoms with Crippen LogP contribution < -0.4 is 29.6 Å². The van der Waals surface area contributed by atoms with E-state index in [4.69, 9.17) is 34.3 Å². The Hall–Kier alpha value is 0.655. The molecule has 0 spiro atoms. The van der Waals surface area contributed by atoms with Crippen molar-refractivity contribution in [2.24, 2.45) is 0 Å². The molecule has 20 heavy (non-hydrogen) atoms. The molecule has 20 heteroatoms. The van der Waals surface area contributed by atoms with Gasteiger partial charge >= 0.3 is 44.7 Å². The third-order valence-corrected chi connectivity index (χ3v) is 0. The van der Waals surface area contributed by atoms with Crippen LogP contribution in [0.25, 0.3) is 0 Å². The van der Waals surface area contributed by atoms with Crippen molar-refractivity contribution in [1.29, 1.82) is 0 Å². The quantitative estimate of drug-likeness (QED) is 0.178. The fourth-order valence-corrected chi connectivity index (χ4v) is 0. The summed E-state index contributed by atoms with van der Waals surface area (Å²) in [7, 11) is -6.81. The molecule has 0 aromatic carbocycles. The second kappa shape index (κ2) is 73.4. The molecular weight excluding hydrogens is 337 g/mol. The van der Waals surface area contributed by atoms with Gasteiger partial charge in [-0.25, -0.2) is 4.57 Å². The Bertz CT molecular complexity index is 93.9. The summed E-state index contributed by atoms with van der Waals surface area (Å²) < 4.78 is 8.88. The molecule has 26 N–H and O–H groups in total. The largest absolute Gasteiger partial charge is 1.00 e. The van der Waals surface area contributed by atoms with Gasteiger partial charge in [-0.05, 0) is 0 Å². The molecule has 0 fully saturated rings. The van der Waals surface area contributed by atoms with Crippen molar-refractivity contribution in [1.82, 2.24) is 0 Å². The van der Waals surface area contributed by atoms with E-state index in [9.17, 15) is 0 Å². The molecule has 17 nitrogen and oxygen atoms in total. The maximum atomic E-state index is 8.88. The second-order valence-corrected chi connectivity index (χ2v) is 1.89. The normalized spacial score (nSPS) is 4.30. The van der Waals surface area contributed by atoms with Crippen molar-refractivity contribution < 1.29 is 120 Å². The molecule has 0 rings (SSSR count). The number of rotatable bonds is 0. The van der Waals surface area contributed by atoms with Crippen LogP contribution in [0.3, 0.4) is 0 Å². The van der Waals surface area contributed by atoms with E-state index in [0.29, 0.717) is 0 Å². The first-order valence-electron chi connectivity index (χ1n) is 1.56. The number of hydrogen-bond acceptors (Lipinski definition) is 4. The first-order chi connectivity index (χ1) is 3.73. The molecule has 0 bridgehead atoms. The van der Waals surface area contributed by atoms with Gasteiger partial charge in [-0.3, -0.25) is 0 Å². The van der Waals surface area contributed by atoms with Crippen LogP contribution in [0.4, 0.5) is 0 Å². The molecule has 0 radical (unpaired) electrons. The van der Waals surface area contributed by atoms with Gasteiger partial charge in [-0.1, -0.05) is 0 Å². The predicted octanol–water partition coefficient (Wildman–Crippen LogP) is -14.1. The zero-order valence-electron chi connectivity index (χ0n) is 11.1. The molecule has 0 unspecified atom stereocenters. The summed E-state index contributed by atoms with van der Waals surface area (Å²) in [5.41, 5.74) is 0. The average molecular weight is 364 g/mol. The van der Waals surface area contributed by atoms with Gasteiger partial charge in [0.2, 0.25) is 0 Å².